The standard InChI is InChI=1S/C15H19ClN2O3/c16-12-8-4-7-11(14(12)17)15(20)21-9-13(19)18-10-5-2-1-3-6-10/h4,7-8,10H,1-3,5-6,9,17H2,(H,18,19). The predicted molar refractivity (Wildman–Crippen MR) is 81.2 cm³/mol. The summed E-state index contributed by atoms with van der Waals surface area (Å²) in [7, 11) is 0. The Bertz CT molecular complexity index is 528. The fourth-order valence-corrected chi connectivity index (χ4v) is 2.61. The number of hydrogen-bond donors (Lipinski definition) is 2. The molecule has 114 valence electrons. The summed E-state index contributed by atoms with van der Waals surface area (Å²) in [5.74, 6) is -0.926. The van der Waals surface area contributed by atoms with Crippen LogP contribution in [0.5, 0.6) is 0 Å². The molecule has 0 radical (unpaired) electrons. The molecule has 0 aromatic heterocycles. The molecule has 1 aromatic carbocycles. The van der Waals surface area contributed by atoms with E-state index in [9.17, 15) is 9.59 Å². The normalized spacial score (nSPS) is 15.5. The van der Waals surface area contributed by atoms with Gasteiger partial charge in [0.1, 0.15) is 0 Å². The summed E-state index contributed by atoms with van der Waals surface area (Å²) in [6.45, 7) is -0.304. The van der Waals surface area contributed by atoms with E-state index in [2.05, 4.69) is 5.32 Å². The molecular weight excluding hydrogens is 292 g/mol. The maximum atomic E-state index is 11.9. The number of halogens is 1. The van der Waals surface area contributed by atoms with E-state index in [1.807, 2.05) is 0 Å². The van der Waals surface area contributed by atoms with Crippen molar-refractivity contribution in [1.82, 2.24) is 5.32 Å². The number of hydrogen-bond acceptors (Lipinski definition) is 4. The molecule has 1 fully saturated rings. The van der Waals surface area contributed by atoms with E-state index < -0.39 is 5.97 Å². The molecule has 0 bridgehead atoms. The van der Waals surface area contributed by atoms with E-state index in [1.54, 1.807) is 12.1 Å². The summed E-state index contributed by atoms with van der Waals surface area (Å²) in [6.07, 6.45) is 5.45. The summed E-state index contributed by atoms with van der Waals surface area (Å²) < 4.78 is 4.98. The van der Waals surface area contributed by atoms with Gasteiger partial charge in [-0.25, -0.2) is 4.79 Å². The second-order valence-corrected chi connectivity index (χ2v) is 5.59. The third kappa shape index (κ3) is 4.36. The van der Waals surface area contributed by atoms with E-state index in [0.717, 1.165) is 25.7 Å². The van der Waals surface area contributed by atoms with Crippen LogP contribution < -0.4 is 11.1 Å². The Morgan fingerprint density at radius 3 is 2.71 bits per heavy atom. The minimum Gasteiger partial charge on any atom is -0.452 e. The Morgan fingerprint density at radius 1 is 1.29 bits per heavy atom. The van der Waals surface area contributed by atoms with Gasteiger partial charge in [-0.1, -0.05) is 36.9 Å². The van der Waals surface area contributed by atoms with E-state index in [-0.39, 0.29) is 34.8 Å². The van der Waals surface area contributed by atoms with Gasteiger partial charge in [-0.2, -0.15) is 0 Å². The molecule has 6 heteroatoms. The molecule has 1 aliphatic carbocycles. The van der Waals surface area contributed by atoms with Crippen molar-refractivity contribution in [2.24, 2.45) is 0 Å². The van der Waals surface area contributed by atoms with Crippen LogP contribution in [-0.2, 0) is 9.53 Å². The van der Waals surface area contributed by atoms with Crippen molar-refractivity contribution in [3.05, 3.63) is 28.8 Å². The van der Waals surface area contributed by atoms with Crippen LogP contribution in [0.25, 0.3) is 0 Å². The molecule has 1 saturated carbocycles. The highest BCUT2D eigenvalue weighted by atomic mass is 35.5. The molecule has 5 nitrogen and oxygen atoms in total. The highest BCUT2D eigenvalue weighted by molar-refractivity contribution is 6.33. The van der Waals surface area contributed by atoms with Gasteiger partial charge in [0.2, 0.25) is 0 Å². The number of nitrogens with two attached hydrogens (primary N) is 1. The van der Waals surface area contributed by atoms with Crippen LogP contribution in [0.3, 0.4) is 0 Å². The molecule has 0 saturated heterocycles. The van der Waals surface area contributed by atoms with Crippen LogP contribution in [0.4, 0.5) is 5.69 Å². The van der Waals surface area contributed by atoms with Gasteiger partial charge in [-0.3, -0.25) is 4.79 Å². The van der Waals surface area contributed by atoms with Crippen LogP contribution in [0.15, 0.2) is 18.2 Å². The summed E-state index contributed by atoms with van der Waals surface area (Å²) in [5, 5.41) is 3.17. The average molecular weight is 311 g/mol. The number of para-hydroxylation sites is 1. The van der Waals surface area contributed by atoms with Gasteiger partial charge in [0.25, 0.3) is 5.91 Å². The third-order valence-corrected chi connectivity index (χ3v) is 3.91. The highest BCUT2D eigenvalue weighted by Crippen LogP contribution is 2.23. The van der Waals surface area contributed by atoms with E-state index in [0.29, 0.717) is 0 Å². The number of benzene rings is 1. The van der Waals surface area contributed by atoms with Crippen LogP contribution in [0, 0.1) is 0 Å². The number of nitrogens with one attached hydrogen (secondary N) is 1. The number of esters is 1. The highest BCUT2D eigenvalue weighted by Gasteiger charge is 2.18. The number of nitrogen functional groups attached to an aromatic ring is 1. The molecule has 1 aliphatic rings. The zero-order chi connectivity index (χ0) is 15.2. The van der Waals surface area contributed by atoms with Crippen LogP contribution in [-0.4, -0.2) is 24.5 Å². The molecule has 1 amide bonds. The smallest absolute Gasteiger partial charge is 0.340 e. The van der Waals surface area contributed by atoms with Gasteiger partial charge in [-0.15, -0.1) is 0 Å². The summed E-state index contributed by atoms with van der Waals surface area (Å²) >= 11 is 5.84. The molecule has 0 spiro atoms. The number of anilines is 1. The Balaban J connectivity index is 1.83. The molecule has 0 aliphatic heterocycles. The number of amides is 1. The van der Waals surface area contributed by atoms with Crippen molar-refractivity contribution in [2.75, 3.05) is 12.3 Å². The van der Waals surface area contributed by atoms with E-state index in [1.165, 1.54) is 12.5 Å². The van der Waals surface area contributed by atoms with Crippen LogP contribution in [0.2, 0.25) is 5.02 Å². The topological polar surface area (TPSA) is 81.4 Å². The largest absolute Gasteiger partial charge is 0.452 e. The number of carbonyl (C=O) groups excluding carboxylic acids is 2. The maximum absolute atomic E-state index is 11.9. The molecular formula is C15H19ClN2O3. The van der Waals surface area contributed by atoms with Gasteiger partial charge in [0, 0.05) is 6.04 Å². The van der Waals surface area contributed by atoms with Crippen molar-refractivity contribution in [1.29, 1.82) is 0 Å². The molecule has 0 heterocycles. The fourth-order valence-electron chi connectivity index (χ4n) is 2.44. The second-order valence-electron chi connectivity index (χ2n) is 5.18. The van der Waals surface area contributed by atoms with Crippen LogP contribution in [0.1, 0.15) is 42.5 Å². The minimum atomic E-state index is -0.645. The first-order valence-electron chi connectivity index (χ1n) is 7.08. The Morgan fingerprint density at radius 2 is 2.00 bits per heavy atom. The summed E-state index contributed by atoms with van der Waals surface area (Å²) in [5.41, 5.74) is 6.04. The second kappa shape index (κ2) is 7.31. The van der Waals surface area contributed by atoms with Crippen molar-refractivity contribution in [3.8, 4) is 0 Å². The Kier molecular flexibility index (Phi) is 5.44. The number of carbonyl (C=O) groups is 2. The van der Waals surface area contributed by atoms with Gasteiger partial charge in [0.15, 0.2) is 6.61 Å². The van der Waals surface area contributed by atoms with Crippen LogP contribution >= 0.6 is 11.6 Å². The van der Waals surface area contributed by atoms with E-state index in [4.69, 9.17) is 22.1 Å². The van der Waals surface area contributed by atoms with Crippen molar-refractivity contribution in [3.63, 3.8) is 0 Å². The van der Waals surface area contributed by atoms with Crippen molar-refractivity contribution in [2.45, 2.75) is 38.1 Å². The lowest BCUT2D eigenvalue weighted by molar-refractivity contribution is -0.125. The van der Waals surface area contributed by atoms with Gasteiger partial charge in [0.05, 0.1) is 16.3 Å². The van der Waals surface area contributed by atoms with Gasteiger partial charge in [-0.05, 0) is 25.0 Å². The Hall–Kier alpha value is -1.75. The predicted octanol–water partition coefficient (Wildman–Crippen LogP) is 2.53. The van der Waals surface area contributed by atoms with E-state index >= 15 is 0 Å². The summed E-state index contributed by atoms with van der Waals surface area (Å²) in [6, 6.07) is 4.91. The summed E-state index contributed by atoms with van der Waals surface area (Å²) in [4.78, 5) is 23.6. The van der Waals surface area contributed by atoms with Gasteiger partial charge >= 0.3 is 5.97 Å². The molecule has 21 heavy (non-hydrogen) atoms. The van der Waals surface area contributed by atoms with Crippen molar-refractivity contribution >= 4 is 29.2 Å². The molecule has 0 atom stereocenters. The SMILES string of the molecule is Nc1c(Cl)cccc1C(=O)OCC(=O)NC1CCCCC1. The average Bonchev–Trinajstić information content (AvgIpc) is 2.48. The monoisotopic (exact) mass is 310 g/mol. The quantitative estimate of drug-likeness (QED) is 0.661. The third-order valence-electron chi connectivity index (χ3n) is 3.58. The first kappa shape index (κ1) is 15.6. The molecule has 1 aromatic rings. The molecule has 3 N–H and O–H groups in total. The molecule has 2 rings (SSSR count). The van der Waals surface area contributed by atoms with Gasteiger partial charge < -0.3 is 15.8 Å². The zero-order valence-corrected chi connectivity index (χ0v) is 12.5. The lowest BCUT2D eigenvalue weighted by Gasteiger charge is -2.22. The lowest BCUT2D eigenvalue weighted by atomic mass is 9.95. The maximum Gasteiger partial charge on any atom is 0.340 e. The zero-order valence-electron chi connectivity index (χ0n) is 11.7. The first-order valence-corrected chi connectivity index (χ1v) is 7.46. The number of rotatable bonds is 4. The Labute approximate surface area is 128 Å². The van der Waals surface area contributed by atoms with Crippen molar-refractivity contribution < 1.29 is 14.3 Å². The molecule has 0 unspecified atom stereocenters. The number of ether oxygens (including phenoxy) is 1. The lowest BCUT2D eigenvalue weighted by Crippen LogP contribution is -2.38. The fraction of sp³-hybridized carbons (Fsp3) is 0.467. The minimum absolute atomic E-state index is 0.164. The first-order chi connectivity index (χ1) is 10.1.